The van der Waals surface area contributed by atoms with Crippen molar-refractivity contribution < 1.29 is 0 Å². The fraction of sp³-hybridized carbons (Fsp3) is 0. The van der Waals surface area contributed by atoms with Crippen LogP contribution in [0.4, 0.5) is 0 Å². The second kappa shape index (κ2) is 13.0. The molecule has 3 heterocycles. The highest BCUT2D eigenvalue weighted by Gasteiger charge is 2.17. The maximum atomic E-state index is 4.97. The van der Waals surface area contributed by atoms with Gasteiger partial charge in [-0.05, 0) is 65.2 Å². The van der Waals surface area contributed by atoms with Crippen LogP contribution in [0, 0.1) is 0 Å². The molecule has 11 aromatic rings. The summed E-state index contributed by atoms with van der Waals surface area (Å²) in [7, 11) is 0. The minimum Gasteiger partial charge on any atom is -0.354 e. The lowest BCUT2D eigenvalue weighted by Gasteiger charge is -2.12. The lowest BCUT2D eigenvalue weighted by molar-refractivity contribution is 1.07. The standard InChI is InChI=1S/C51H33N5/c1-4-14-34(15-5-1)49-53-50(35-16-6-2-7-17-35)55-51(54-49)36-26-24-33(25-27-36)42-31-38(32-44-40-20-10-12-22-45(40)52-48(42)44)37-28-29-47-43(30-37)41-21-11-13-23-46(41)56(47)39-18-8-3-9-19-39/h1-32,52H. The fourth-order valence-corrected chi connectivity index (χ4v) is 8.09. The molecule has 0 unspecified atom stereocenters. The largest absolute Gasteiger partial charge is 0.354 e. The van der Waals surface area contributed by atoms with Crippen LogP contribution in [-0.4, -0.2) is 24.5 Å². The summed E-state index contributed by atoms with van der Waals surface area (Å²) in [5.74, 6) is 1.93. The van der Waals surface area contributed by atoms with Crippen molar-refractivity contribution in [2.24, 2.45) is 0 Å². The molecule has 3 aromatic heterocycles. The van der Waals surface area contributed by atoms with E-state index in [-0.39, 0.29) is 0 Å². The summed E-state index contributed by atoms with van der Waals surface area (Å²) in [5, 5.41) is 4.87. The van der Waals surface area contributed by atoms with Gasteiger partial charge in [-0.15, -0.1) is 0 Å². The third-order valence-electron chi connectivity index (χ3n) is 10.8. The smallest absolute Gasteiger partial charge is 0.164 e. The lowest BCUT2D eigenvalue weighted by atomic mass is 9.94. The molecular formula is C51H33N5. The van der Waals surface area contributed by atoms with Gasteiger partial charge in [-0.3, -0.25) is 0 Å². The molecule has 8 aromatic carbocycles. The molecule has 0 bridgehead atoms. The van der Waals surface area contributed by atoms with E-state index in [0.29, 0.717) is 17.5 Å². The average molecular weight is 716 g/mol. The van der Waals surface area contributed by atoms with Crippen molar-refractivity contribution in [1.82, 2.24) is 24.5 Å². The van der Waals surface area contributed by atoms with E-state index in [1.807, 2.05) is 60.7 Å². The van der Waals surface area contributed by atoms with Crippen molar-refractivity contribution in [2.75, 3.05) is 0 Å². The van der Waals surface area contributed by atoms with Crippen LogP contribution in [-0.2, 0) is 0 Å². The molecule has 0 spiro atoms. The highest BCUT2D eigenvalue weighted by Crippen LogP contribution is 2.40. The Kier molecular flexibility index (Phi) is 7.42. The van der Waals surface area contributed by atoms with Gasteiger partial charge in [0.15, 0.2) is 17.5 Å². The minimum atomic E-state index is 0.636. The Bertz CT molecular complexity index is 3160. The Morgan fingerprint density at radius 2 is 0.839 bits per heavy atom. The molecule has 5 nitrogen and oxygen atoms in total. The summed E-state index contributed by atoms with van der Waals surface area (Å²) in [4.78, 5) is 18.6. The van der Waals surface area contributed by atoms with Crippen LogP contribution >= 0.6 is 0 Å². The van der Waals surface area contributed by atoms with Crippen molar-refractivity contribution in [2.45, 2.75) is 0 Å². The summed E-state index contributed by atoms with van der Waals surface area (Å²) >= 11 is 0. The van der Waals surface area contributed by atoms with E-state index in [9.17, 15) is 0 Å². The van der Waals surface area contributed by atoms with Crippen LogP contribution in [0.25, 0.3) is 106 Å². The monoisotopic (exact) mass is 715 g/mol. The zero-order valence-electron chi connectivity index (χ0n) is 30.3. The number of hydrogen-bond donors (Lipinski definition) is 1. The molecule has 0 saturated heterocycles. The topological polar surface area (TPSA) is 59.4 Å². The molecule has 0 aliphatic rings. The van der Waals surface area contributed by atoms with Gasteiger partial charge in [-0.1, -0.05) is 146 Å². The summed E-state index contributed by atoms with van der Waals surface area (Å²) in [6, 6.07) is 68.2. The molecule has 1 N–H and O–H groups in total. The number of H-pyrrole nitrogens is 1. The van der Waals surface area contributed by atoms with E-state index in [0.717, 1.165) is 50.1 Å². The summed E-state index contributed by atoms with van der Waals surface area (Å²) in [6.45, 7) is 0. The average Bonchev–Trinajstić information content (AvgIpc) is 3.82. The first kappa shape index (κ1) is 31.9. The quantitative estimate of drug-likeness (QED) is 0.186. The normalized spacial score (nSPS) is 11.6. The van der Waals surface area contributed by atoms with Crippen LogP contribution in [0.15, 0.2) is 194 Å². The third-order valence-corrected chi connectivity index (χ3v) is 10.8. The first-order valence-corrected chi connectivity index (χ1v) is 18.9. The van der Waals surface area contributed by atoms with Gasteiger partial charge in [0.1, 0.15) is 0 Å². The van der Waals surface area contributed by atoms with Crippen LogP contribution in [0.2, 0.25) is 0 Å². The number of aromatic nitrogens is 5. The van der Waals surface area contributed by atoms with Gasteiger partial charge in [0, 0.05) is 55.0 Å². The molecule has 0 atom stereocenters. The Morgan fingerprint density at radius 1 is 0.339 bits per heavy atom. The third kappa shape index (κ3) is 5.37. The van der Waals surface area contributed by atoms with E-state index in [1.165, 1.54) is 38.1 Å². The molecule has 5 heteroatoms. The molecule has 0 aliphatic heterocycles. The number of nitrogens with one attached hydrogen (secondary N) is 1. The molecule has 0 saturated carbocycles. The van der Waals surface area contributed by atoms with Crippen molar-refractivity contribution in [3.05, 3.63) is 194 Å². The molecule has 262 valence electrons. The number of aromatic amines is 1. The van der Waals surface area contributed by atoms with Gasteiger partial charge in [-0.2, -0.15) is 0 Å². The highest BCUT2D eigenvalue weighted by molar-refractivity contribution is 6.14. The van der Waals surface area contributed by atoms with Gasteiger partial charge in [0.25, 0.3) is 0 Å². The van der Waals surface area contributed by atoms with Gasteiger partial charge >= 0.3 is 0 Å². The number of hydrogen-bond acceptors (Lipinski definition) is 3. The van der Waals surface area contributed by atoms with Crippen molar-refractivity contribution in [3.63, 3.8) is 0 Å². The minimum absolute atomic E-state index is 0.636. The number of para-hydroxylation sites is 3. The zero-order chi connectivity index (χ0) is 37.0. The molecule has 0 fully saturated rings. The summed E-state index contributed by atoms with van der Waals surface area (Å²) < 4.78 is 2.36. The SMILES string of the molecule is c1ccc(-c2nc(-c3ccccc3)nc(-c3ccc(-c4cc(-c5ccc6c(c5)c5ccccc5n6-c5ccccc5)cc5c4[nH]c4ccccc45)cc3)n2)cc1. The van der Waals surface area contributed by atoms with E-state index < -0.39 is 0 Å². The highest BCUT2D eigenvalue weighted by atomic mass is 15.0. The van der Waals surface area contributed by atoms with Crippen LogP contribution in [0.3, 0.4) is 0 Å². The van der Waals surface area contributed by atoms with E-state index in [1.54, 1.807) is 0 Å². The molecule has 0 radical (unpaired) electrons. The summed E-state index contributed by atoms with van der Waals surface area (Å²) in [5.41, 5.74) is 13.2. The predicted octanol–water partition coefficient (Wildman–Crippen LogP) is 12.9. The Morgan fingerprint density at radius 3 is 1.52 bits per heavy atom. The molecule has 0 amide bonds. The first-order chi connectivity index (χ1) is 27.7. The second-order valence-corrected chi connectivity index (χ2v) is 14.2. The number of benzene rings is 8. The van der Waals surface area contributed by atoms with Crippen LogP contribution < -0.4 is 0 Å². The number of nitrogens with zero attached hydrogens (tertiary/aromatic N) is 4. The maximum Gasteiger partial charge on any atom is 0.164 e. The lowest BCUT2D eigenvalue weighted by Crippen LogP contribution is -2.00. The van der Waals surface area contributed by atoms with Crippen molar-refractivity contribution in [1.29, 1.82) is 0 Å². The van der Waals surface area contributed by atoms with E-state index >= 15 is 0 Å². The van der Waals surface area contributed by atoms with E-state index in [2.05, 4.69) is 143 Å². The first-order valence-electron chi connectivity index (χ1n) is 18.9. The summed E-state index contributed by atoms with van der Waals surface area (Å²) in [6.07, 6.45) is 0. The molecule has 56 heavy (non-hydrogen) atoms. The van der Waals surface area contributed by atoms with E-state index in [4.69, 9.17) is 15.0 Å². The predicted molar refractivity (Wildman–Crippen MR) is 231 cm³/mol. The fourth-order valence-electron chi connectivity index (χ4n) is 8.09. The van der Waals surface area contributed by atoms with Gasteiger partial charge in [0.2, 0.25) is 0 Å². The molecular weight excluding hydrogens is 683 g/mol. The molecule has 0 aliphatic carbocycles. The zero-order valence-corrected chi connectivity index (χ0v) is 30.3. The maximum absolute atomic E-state index is 4.97. The van der Waals surface area contributed by atoms with Gasteiger partial charge < -0.3 is 9.55 Å². The van der Waals surface area contributed by atoms with Crippen LogP contribution in [0.5, 0.6) is 0 Å². The Hall–Kier alpha value is -7.63. The van der Waals surface area contributed by atoms with Gasteiger partial charge in [0.05, 0.1) is 16.6 Å². The number of rotatable bonds is 6. The molecule has 11 rings (SSSR count). The van der Waals surface area contributed by atoms with Gasteiger partial charge in [-0.25, -0.2) is 15.0 Å². The van der Waals surface area contributed by atoms with Crippen LogP contribution in [0.1, 0.15) is 0 Å². The van der Waals surface area contributed by atoms with Crippen molar-refractivity contribution >= 4 is 43.6 Å². The Labute approximate surface area is 323 Å². The second-order valence-electron chi connectivity index (χ2n) is 14.2. The number of fused-ring (bicyclic) bond motifs is 6. The Balaban J connectivity index is 1.06. The van der Waals surface area contributed by atoms with Crippen molar-refractivity contribution in [3.8, 4) is 62.1 Å².